The highest BCUT2D eigenvalue weighted by molar-refractivity contribution is 7.93. The van der Waals surface area contributed by atoms with E-state index in [0.717, 1.165) is 4.31 Å². The summed E-state index contributed by atoms with van der Waals surface area (Å²) in [5, 5.41) is 9.41. The number of rotatable bonds is 6. The smallest absolute Gasteiger partial charge is 0.324 e. The van der Waals surface area contributed by atoms with Crippen molar-refractivity contribution < 1.29 is 18.3 Å². The summed E-state index contributed by atoms with van der Waals surface area (Å²) in [4.78, 5) is 11.1. The zero-order valence-electron chi connectivity index (χ0n) is 13.6. The van der Waals surface area contributed by atoms with Crippen LogP contribution in [-0.4, -0.2) is 26.0 Å². The zero-order valence-corrected chi connectivity index (χ0v) is 15.9. The summed E-state index contributed by atoms with van der Waals surface area (Å²) < 4.78 is 27.1. The first kappa shape index (κ1) is 19.6. The maximum atomic E-state index is 13.1. The van der Waals surface area contributed by atoms with E-state index >= 15 is 0 Å². The zero-order chi connectivity index (χ0) is 18.8. The predicted octanol–water partition coefficient (Wildman–Crippen LogP) is 4.40. The van der Waals surface area contributed by atoms with Crippen LogP contribution in [0.15, 0.2) is 47.4 Å². The van der Waals surface area contributed by atoms with Crippen molar-refractivity contribution in [2.45, 2.75) is 24.7 Å². The van der Waals surface area contributed by atoms with Crippen LogP contribution in [-0.2, 0) is 14.8 Å². The minimum atomic E-state index is -4.22. The second kappa shape index (κ2) is 7.64. The van der Waals surface area contributed by atoms with Crippen LogP contribution in [0.2, 0.25) is 10.0 Å². The van der Waals surface area contributed by atoms with Gasteiger partial charge in [0.2, 0.25) is 0 Å². The summed E-state index contributed by atoms with van der Waals surface area (Å²) in [6.07, 6.45) is 0. The van der Waals surface area contributed by atoms with Crippen molar-refractivity contribution in [3.05, 3.63) is 58.1 Å². The van der Waals surface area contributed by atoms with Gasteiger partial charge in [-0.1, -0.05) is 55.2 Å². The van der Waals surface area contributed by atoms with Crippen LogP contribution in [0.25, 0.3) is 0 Å². The van der Waals surface area contributed by atoms with Crippen LogP contribution in [0.1, 0.15) is 25.3 Å². The Morgan fingerprint density at radius 2 is 1.80 bits per heavy atom. The molecule has 0 fully saturated rings. The van der Waals surface area contributed by atoms with Crippen molar-refractivity contribution in [1.82, 2.24) is 0 Å². The Hall–Kier alpha value is -1.76. The molecule has 2 aromatic rings. The topological polar surface area (TPSA) is 74.7 Å². The number of carboxylic acids is 1. The Morgan fingerprint density at radius 3 is 2.40 bits per heavy atom. The van der Waals surface area contributed by atoms with Gasteiger partial charge in [0.1, 0.15) is 11.4 Å². The van der Waals surface area contributed by atoms with E-state index in [1.165, 1.54) is 18.2 Å². The van der Waals surface area contributed by atoms with E-state index in [0.29, 0.717) is 11.3 Å². The van der Waals surface area contributed by atoms with Crippen LogP contribution < -0.4 is 4.31 Å². The average Bonchev–Trinajstić information content (AvgIpc) is 2.54. The average molecular weight is 402 g/mol. The summed E-state index contributed by atoms with van der Waals surface area (Å²) in [6, 6.07) is 10.8. The molecule has 25 heavy (non-hydrogen) atoms. The summed E-state index contributed by atoms with van der Waals surface area (Å²) in [6.45, 7) is 3.07. The molecule has 0 saturated carbocycles. The van der Waals surface area contributed by atoms with Gasteiger partial charge in [-0.25, -0.2) is 8.42 Å². The van der Waals surface area contributed by atoms with Crippen LogP contribution in [0, 0.1) is 0 Å². The van der Waals surface area contributed by atoms with Gasteiger partial charge in [-0.2, -0.15) is 0 Å². The Balaban J connectivity index is 2.70. The molecular formula is C17H17Cl2NO4S. The SMILES string of the molecule is CC(C)c1ccccc1N(CC(=O)O)S(=O)(=O)c1cc(Cl)ccc1Cl. The van der Waals surface area contributed by atoms with Crippen LogP contribution >= 0.6 is 23.2 Å². The van der Waals surface area contributed by atoms with Crippen LogP contribution in [0.5, 0.6) is 0 Å². The predicted molar refractivity (Wildman–Crippen MR) is 99.2 cm³/mol. The lowest BCUT2D eigenvalue weighted by atomic mass is 10.0. The quantitative estimate of drug-likeness (QED) is 0.778. The molecule has 1 N–H and O–H groups in total. The van der Waals surface area contributed by atoms with Crippen molar-refractivity contribution in [3.8, 4) is 0 Å². The first-order valence-corrected chi connectivity index (χ1v) is 9.62. The van der Waals surface area contributed by atoms with Gasteiger partial charge in [0.25, 0.3) is 10.0 Å². The second-order valence-corrected chi connectivity index (χ2v) is 8.37. The van der Waals surface area contributed by atoms with E-state index in [1.807, 2.05) is 13.8 Å². The maximum Gasteiger partial charge on any atom is 0.324 e. The minimum Gasteiger partial charge on any atom is -0.480 e. The Kier molecular flexibility index (Phi) is 5.98. The molecule has 0 unspecified atom stereocenters. The van der Waals surface area contributed by atoms with Crippen molar-refractivity contribution in [2.75, 3.05) is 10.8 Å². The van der Waals surface area contributed by atoms with Crippen LogP contribution in [0.4, 0.5) is 5.69 Å². The van der Waals surface area contributed by atoms with Gasteiger partial charge in [0.05, 0.1) is 10.7 Å². The molecule has 0 saturated heterocycles. The first-order valence-electron chi connectivity index (χ1n) is 7.43. The van der Waals surface area contributed by atoms with Crippen molar-refractivity contribution in [1.29, 1.82) is 0 Å². The van der Waals surface area contributed by atoms with Crippen molar-refractivity contribution in [3.63, 3.8) is 0 Å². The molecule has 0 aromatic heterocycles. The largest absolute Gasteiger partial charge is 0.480 e. The molecule has 0 spiro atoms. The third-order valence-corrected chi connectivity index (χ3v) is 6.04. The number of sulfonamides is 1. The number of carboxylic acid groups (broad SMARTS) is 1. The highest BCUT2D eigenvalue weighted by atomic mass is 35.5. The molecule has 0 radical (unpaired) electrons. The molecular weight excluding hydrogens is 385 g/mol. The Bertz CT molecular complexity index is 897. The highest BCUT2D eigenvalue weighted by Crippen LogP contribution is 2.34. The van der Waals surface area contributed by atoms with Gasteiger partial charge in [0, 0.05) is 5.02 Å². The summed E-state index contributed by atoms with van der Waals surface area (Å²) >= 11 is 11.9. The molecule has 0 aliphatic rings. The van der Waals surface area contributed by atoms with Crippen LogP contribution in [0.3, 0.4) is 0 Å². The van der Waals surface area contributed by atoms with Gasteiger partial charge in [-0.05, 0) is 35.7 Å². The fourth-order valence-corrected chi connectivity index (χ4v) is 4.60. The molecule has 0 aliphatic heterocycles. The van der Waals surface area contributed by atoms with Gasteiger partial charge in [0.15, 0.2) is 0 Å². The molecule has 2 rings (SSSR count). The molecule has 5 nitrogen and oxygen atoms in total. The fraction of sp³-hybridized carbons (Fsp3) is 0.235. The van der Waals surface area contributed by atoms with Gasteiger partial charge in [-0.15, -0.1) is 0 Å². The molecule has 0 bridgehead atoms. The normalized spacial score (nSPS) is 11.6. The Labute approximate surface area is 156 Å². The van der Waals surface area contributed by atoms with E-state index in [1.54, 1.807) is 24.3 Å². The maximum absolute atomic E-state index is 13.1. The molecule has 0 aliphatic carbocycles. The molecule has 2 aromatic carbocycles. The first-order chi connectivity index (χ1) is 11.6. The lowest BCUT2D eigenvalue weighted by Crippen LogP contribution is -2.36. The number of hydrogen-bond acceptors (Lipinski definition) is 3. The van der Waals surface area contributed by atoms with E-state index in [2.05, 4.69) is 0 Å². The third kappa shape index (κ3) is 4.26. The highest BCUT2D eigenvalue weighted by Gasteiger charge is 2.31. The molecule has 0 heterocycles. The number of halogens is 2. The van der Waals surface area contributed by atoms with Crippen molar-refractivity contribution >= 4 is 44.9 Å². The van der Waals surface area contributed by atoms with E-state index in [-0.39, 0.29) is 20.9 Å². The lowest BCUT2D eigenvalue weighted by molar-refractivity contribution is -0.135. The van der Waals surface area contributed by atoms with Crippen molar-refractivity contribution in [2.24, 2.45) is 0 Å². The third-order valence-electron chi connectivity index (χ3n) is 3.57. The summed E-state index contributed by atoms with van der Waals surface area (Å²) in [5.41, 5.74) is 1.02. The van der Waals surface area contributed by atoms with E-state index in [4.69, 9.17) is 23.2 Å². The number of hydrogen-bond donors (Lipinski definition) is 1. The number of para-hydroxylation sites is 1. The van der Waals surface area contributed by atoms with E-state index < -0.39 is 22.5 Å². The summed E-state index contributed by atoms with van der Waals surface area (Å²) in [5.74, 6) is -1.28. The molecule has 8 heteroatoms. The number of benzene rings is 2. The molecule has 134 valence electrons. The number of aliphatic carboxylic acids is 1. The van der Waals surface area contributed by atoms with Gasteiger partial charge < -0.3 is 5.11 Å². The number of carbonyl (C=O) groups is 1. The second-order valence-electron chi connectivity index (χ2n) is 5.69. The Morgan fingerprint density at radius 1 is 1.16 bits per heavy atom. The standard InChI is InChI=1S/C17H17Cl2NO4S/c1-11(2)13-5-3-4-6-15(13)20(10-17(21)22)25(23,24)16-9-12(18)7-8-14(16)19/h3-9,11H,10H2,1-2H3,(H,21,22). The molecule has 0 atom stereocenters. The summed E-state index contributed by atoms with van der Waals surface area (Å²) in [7, 11) is -4.22. The fourth-order valence-electron chi connectivity index (χ4n) is 2.42. The van der Waals surface area contributed by atoms with Gasteiger partial charge >= 0.3 is 5.97 Å². The number of nitrogens with zero attached hydrogens (tertiary/aromatic N) is 1. The van der Waals surface area contributed by atoms with E-state index in [9.17, 15) is 18.3 Å². The monoisotopic (exact) mass is 401 g/mol. The van der Waals surface area contributed by atoms with Gasteiger partial charge in [-0.3, -0.25) is 9.10 Å². The number of anilines is 1. The minimum absolute atomic E-state index is 0.00229. The lowest BCUT2D eigenvalue weighted by Gasteiger charge is -2.26. The molecule has 0 amide bonds.